The largest absolute Gasteiger partial charge is 0.298 e. The summed E-state index contributed by atoms with van der Waals surface area (Å²) < 4.78 is 0. The van der Waals surface area contributed by atoms with E-state index >= 15 is 0 Å². The zero-order valence-electron chi connectivity index (χ0n) is 8.66. The molecule has 0 amide bonds. The Hall–Kier alpha value is -0.850. The Morgan fingerprint density at radius 1 is 1.38 bits per heavy atom. The molecule has 0 bridgehead atoms. The summed E-state index contributed by atoms with van der Waals surface area (Å²) in [5.41, 5.74) is 0.861. The molecule has 1 heteroatoms. The Morgan fingerprint density at radius 3 is 2.69 bits per heavy atom. The Balaban J connectivity index is 2.70. The van der Waals surface area contributed by atoms with Gasteiger partial charge in [-0.1, -0.05) is 32.1 Å². The van der Waals surface area contributed by atoms with E-state index in [2.05, 4.69) is 32.1 Å². The number of carbonyl (C=O) groups excluding carboxylic acids is 1. The van der Waals surface area contributed by atoms with Gasteiger partial charge in [-0.05, 0) is 36.7 Å². The van der Waals surface area contributed by atoms with Crippen LogP contribution in [0.3, 0.4) is 0 Å². The van der Waals surface area contributed by atoms with Crippen LogP contribution in [0.5, 0.6) is 0 Å². The molecular weight excluding hydrogens is 160 g/mol. The van der Waals surface area contributed by atoms with Gasteiger partial charge in [0.15, 0.2) is 0 Å². The topological polar surface area (TPSA) is 17.1 Å². The van der Waals surface area contributed by atoms with Crippen LogP contribution in [0.4, 0.5) is 0 Å². The summed E-state index contributed by atoms with van der Waals surface area (Å²) >= 11 is 0. The second-order valence-corrected chi connectivity index (χ2v) is 4.15. The molecule has 0 N–H and O–H groups in total. The summed E-state index contributed by atoms with van der Waals surface area (Å²) in [6, 6.07) is 0. The van der Waals surface area contributed by atoms with Gasteiger partial charge in [0.1, 0.15) is 6.29 Å². The molecule has 13 heavy (non-hydrogen) atoms. The first-order valence-corrected chi connectivity index (χ1v) is 4.95. The zero-order chi connectivity index (χ0) is 9.84. The van der Waals surface area contributed by atoms with Gasteiger partial charge < -0.3 is 0 Å². The summed E-state index contributed by atoms with van der Waals surface area (Å²) in [6.07, 6.45) is 8.74. The molecular formula is C12H18O. The van der Waals surface area contributed by atoms with E-state index in [-0.39, 0.29) is 0 Å². The maximum Gasteiger partial charge on any atom is 0.145 e. The van der Waals surface area contributed by atoms with Crippen molar-refractivity contribution in [3.63, 3.8) is 0 Å². The number of carbonyl (C=O) groups is 1. The van der Waals surface area contributed by atoms with Crippen LogP contribution in [0.1, 0.15) is 27.2 Å². The standard InChI is InChI=1S/C12H18O/c1-9-4-5-11(3)12(6-9)7-10(2)8-13/h4-5,7-9,11-12H,6H2,1-3H3/b10-7+. The van der Waals surface area contributed by atoms with Crippen molar-refractivity contribution in [2.45, 2.75) is 27.2 Å². The lowest BCUT2D eigenvalue weighted by molar-refractivity contribution is -0.104. The van der Waals surface area contributed by atoms with Gasteiger partial charge in [-0.2, -0.15) is 0 Å². The predicted octanol–water partition coefficient (Wildman–Crippen LogP) is 2.98. The minimum absolute atomic E-state index is 0.546. The highest BCUT2D eigenvalue weighted by molar-refractivity contribution is 5.72. The van der Waals surface area contributed by atoms with Crippen LogP contribution in [-0.2, 0) is 4.79 Å². The monoisotopic (exact) mass is 178 g/mol. The van der Waals surface area contributed by atoms with E-state index in [1.54, 1.807) is 0 Å². The van der Waals surface area contributed by atoms with Crippen LogP contribution < -0.4 is 0 Å². The Morgan fingerprint density at radius 2 is 2.08 bits per heavy atom. The smallest absolute Gasteiger partial charge is 0.145 e. The average Bonchev–Trinajstić information content (AvgIpc) is 2.11. The van der Waals surface area contributed by atoms with Crippen LogP contribution >= 0.6 is 0 Å². The molecule has 72 valence electrons. The van der Waals surface area contributed by atoms with Gasteiger partial charge in [0.25, 0.3) is 0 Å². The minimum atomic E-state index is 0.546. The highest BCUT2D eigenvalue weighted by atomic mass is 16.1. The van der Waals surface area contributed by atoms with E-state index in [4.69, 9.17) is 0 Å². The number of rotatable bonds is 2. The first kappa shape index (κ1) is 10.2. The molecule has 0 saturated carbocycles. The fourth-order valence-corrected chi connectivity index (χ4v) is 1.83. The average molecular weight is 178 g/mol. The summed E-state index contributed by atoms with van der Waals surface area (Å²) in [5.74, 6) is 1.77. The van der Waals surface area contributed by atoms with Crippen molar-refractivity contribution < 1.29 is 4.79 Å². The van der Waals surface area contributed by atoms with Crippen LogP contribution in [0.25, 0.3) is 0 Å². The van der Waals surface area contributed by atoms with Crippen LogP contribution in [0, 0.1) is 17.8 Å². The lowest BCUT2D eigenvalue weighted by Crippen LogP contribution is -2.15. The Kier molecular flexibility index (Phi) is 3.47. The van der Waals surface area contributed by atoms with Crippen molar-refractivity contribution in [2.75, 3.05) is 0 Å². The van der Waals surface area contributed by atoms with Gasteiger partial charge in [0.05, 0.1) is 0 Å². The van der Waals surface area contributed by atoms with Gasteiger partial charge in [0, 0.05) is 0 Å². The van der Waals surface area contributed by atoms with E-state index in [9.17, 15) is 4.79 Å². The zero-order valence-corrected chi connectivity index (χ0v) is 8.66. The highest BCUT2D eigenvalue weighted by Crippen LogP contribution is 2.29. The predicted molar refractivity (Wildman–Crippen MR) is 55.4 cm³/mol. The molecule has 0 fully saturated rings. The minimum Gasteiger partial charge on any atom is -0.298 e. The maximum absolute atomic E-state index is 10.5. The summed E-state index contributed by atoms with van der Waals surface area (Å²) in [4.78, 5) is 10.5. The van der Waals surface area contributed by atoms with E-state index < -0.39 is 0 Å². The summed E-state index contributed by atoms with van der Waals surface area (Å²) in [6.45, 7) is 6.31. The first-order chi connectivity index (χ1) is 6.13. The van der Waals surface area contributed by atoms with Crippen molar-refractivity contribution in [3.05, 3.63) is 23.8 Å². The van der Waals surface area contributed by atoms with E-state index in [0.717, 1.165) is 11.9 Å². The van der Waals surface area contributed by atoms with Crippen LogP contribution in [-0.4, -0.2) is 6.29 Å². The third-order valence-electron chi connectivity index (χ3n) is 2.73. The number of hydrogen-bond acceptors (Lipinski definition) is 1. The molecule has 0 spiro atoms. The SMILES string of the molecule is C/C(C=O)=C\C1CC(C)C=CC1C. The quantitative estimate of drug-likeness (QED) is 0.361. The molecule has 1 aliphatic rings. The molecule has 0 aliphatic heterocycles. The van der Waals surface area contributed by atoms with E-state index in [1.807, 2.05) is 6.92 Å². The second kappa shape index (κ2) is 4.40. The van der Waals surface area contributed by atoms with Crippen molar-refractivity contribution >= 4 is 6.29 Å². The molecule has 0 radical (unpaired) electrons. The molecule has 1 rings (SSSR count). The molecule has 0 aromatic rings. The lowest BCUT2D eigenvalue weighted by Gasteiger charge is -2.25. The summed E-state index contributed by atoms with van der Waals surface area (Å²) in [5, 5.41) is 0. The number of aldehydes is 1. The van der Waals surface area contributed by atoms with Gasteiger partial charge >= 0.3 is 0 Å². The van der Waals surface area contributed by atoms with Gasteiger partial charge in [-0.3, -0.25) is 4.79 Å². The molecule has 3 atom stereocenters. The molecule has 1 nitrogen and oxygen atoms in total. The molecule has 0 aromatic heterocycles. The molecule has 3 unspecified atom stereocenters. The van der Waals surface area contributed by atoms with E-state index in [0.29, 0.717) is 17.8 Å². The summed E-state index contributed by atoms with van der Waals surface area (Å²) in [7, 11) is 0. The third-order valence-corrected chi connectivity index (χ3v) is 2.73. The molecule has 0 saturated heterocycles. The van der Waals surface area contributed by atoms with Crippen molar-refractivity contribution in [2.24, 2.45) is 17.8 Å². The van der Waals surface area contributed by atoms with Crippen LogP contribution in [0.15, 0.2) is 23.8 Å². The van der Waals surface area contributed by atoms with Gasteiger partial charge in [0.2, 0.25) is 0 Å². The first-order valence-electron chi connectivity index (χ1n) is 4.95. The van der Waals surface area contributed by atoms with E-state index in [1.165, 1.54) is 6.42 Å². The Bertz CT molecular complexity index is 238. The second-order valence-electron chi connectivity index (χ2n) is 4.15. The van der Waals surface area contributed by atoms with Crippen molar-refractivity contribution in [1.29, 1.82) is 0 Å². The van der Waals surface area contributed by atoms with Crippen molar-refractivity contribution in [3.8, 4) is 0 Å². The normalized spacial score (nSPS) is 34.7. The molecule has 1 aliphatic carbocycles. The number of allylic oxidation sites excluding steroid dienone is 4. The fraction of sp³-hybridized carbons (Fsp3) is 0.583. The van der Waals surface area contributed by atoms with Gasteiger partial charge in [-0.25, -0.2) is 0 Å². The molecule has 0 heterocycles. The third kappa shape index (κ3) is 2.83. The molecule has 0 aromatic carbocycles. The van der Waals surface area contributed by atoms with Gasteiger partial charge in [-0.15, -0.1) is 0 Å². The lowest BCUT2D eigenvalue weighted by atomic mass is 9.80. The maximum atomic E-state index is 10.5. The fourth-order valence-electron chi connectivity index (χ4n) is 1.83. The highest BCUT2D eigenvalue weighted by Gasteiger charge is 2.19. The number of hydrogen-bond donors (Lipinski definition) is 0. The Labute approximate surface area is 80.5 Å². The van der Waals surface area contributed by atoms with Crippen LogP contribution in [0.2, 0.25) is 0 Å². The van der Waals surface area contributed by atoms with Crippen molar-refractivity contribution in [1.82, 2.24) is 0 Å².